The maximum Gasteiger partial charge on any atom is 0.252 e. The smallest absolute Gasteiger partial charge is 0.252 e. The number of anilines is 1. The van der Waals surface area contributed by atoms with Crippen molar-refractivity contribution >= 4 is 5.82 Å². The molecule has 1 N–H and O–H groups in total. The van der Waals surface area contributed by atoms with E-state index >= 15 is 0 Å². The summed E-state index contributed by atoms with van der Waals surface area (Å²) in [6.07, 6.45) is 6.56. The summed E-state index contributed by atoms with van der Waals surface area (Å²) in [7, 11) is 2.04. The quantitative estimate of drug-likeness (QED) is 0.828. The van der Waals surface area contributed by atoms with Crippen LogP contribution in [0.4, 0.5) is 5.82 Å². The van der Waals surface area contributed by atoms with Crippen molar-refractivity contribution in [1.82, 2.24) is 9.97 Å². The lowest BCUT2D eigenvalue weighted by molar-refractivity contribution is 0.320. The number of nitrogens with one attached hydrogen (secondary N) is 1. The van der Waals surface area contributed by atoms with Gasteiger partial charge in [0.25, 0.3) is 5.56 Å². The zero-order valence-corrected chi connectivity index (χ0v) is 9.94. The molecule has 4 heteroatoms. The van der Waals surface area contributed by atoms with E-state index in [-0.39, 0.29) is 5.56 Å². The van der Waals surface area contributed by atoms with Crippen LogP contribution in [0.15, 0.2) is 17.2 Å². The normalized spacial score (nSPS) is 25.4. The third-order valence-corrected chi connectivity index (χ3v) is 3.59. The summed E-state index contributed by atoms with van der Waals surface area (Å²) in [5.74, 6) is 1.46. The number of H-pyrrole nitrogens is 1. The minimum absolute atomic E-state index is 0.0830. The summed E-state index contributed by atoms with van der Waals surface area (Å²) in [6, 6.07) is 2.09. The summed E-state index contributed by atoms with van der Waals surface area (Å²) in [5, 5.41) is 0. The van der Waals surface area contributed by atoms with Crippen LogP contribution in [0, 0.1) is 5.92 Å². The van der Waals surface area contributed by atoms with Crippen molar-refractivity contribution in [2.45, 2.75) is 38.6 Å². The summed E-state index contributed by atoms with van der Waals surface area (Å²) >= 11 is 0. The topological polar surface area (TPSA) is 49.0 Å². The molecular formula is C12H19N3O. The number of aromatic amines is 1. The van der Waals surface area contributed by atoms with E-state index in [1.807, 2.05) is 7.05 Å². The van der Waals surface area contributed by atoms with Crippen LogP contribution < -0.4 is 10.5 Å². The standard InChI is InChI=1S/C12H19N3O/c1-9-5-3-4-6-10(9)15(2)11-7-12(16)14-8-13-11/h7-10H,3-6H2,1-2H3,(H,13,14,16). The van der Waals surface area contributed by atoms with Crippen LogP contribution in [0.5, 0.6) is 0 Å². The molecule has 0 saturated heterocycles. The lowest BCUT2D eigenvalue weighted by Gasteiger charge is -2.36. The van der Waals surface area contributed by atoms with Crippen LogP contribution in [0.2, 0.25) is 0 Å². The third kappa shape index (κ3) is 2.26. The van der Waals surface area contributed by atoms with Gasteiger partial charge in [-0.25, -0.2) is 4.98 Å². The lowest BCUT2D eigenvalue weighted by atomic mass is 9.85. The van der Waals surface area contributed by atoms with Crippen LogP contribution in [0.3, 0.4) is 0 Å². The summed E-state index contributed by atoms with van der Waals surface area (Å²) in [6.45, 7) is 2.29. The van der Waals surface area contributed by atoms with E-state index in [1.54, 1.807) is 6.07 Å². The van der Waals surface area contributed by atoms with Crippen molar-refractivity contribution in [2.75, 3.05) is 11.9 Å². The Balaban J connectivity index is 2.17. The van der Waals surface area contributed by atoms with E-state index in [1.165, 1.54) is 32.0 Å². The Kier molecular flexibility index (Phi) is 3.27. The number of rotatable bonds is 2. The molecule has 1 aliphatic rings. The first-order valence-corrected chi connectivity index (χ1v) is 5.96. The highest BCUT2D eigenvalue weighted by atomic mass is 16.1. The first-order valence-electron chi connectivity index (χ1n) is 5.96. The van der Waals surface area contributed by atoms with Crippen LogP contribution in [0.25, 0.3) is 0 Å². The van der Waals surface area contributed by atoms with E-state index in [0.29, 0.717) is 12.0 Å². The lowest BCUT2D eigenvalue weighted by Crippen LogP contribution is -2.39. The van der Waals surface area contributed by atoms with Gasteiger partial charge in [-0.2, -0.15) is 0 Å². The Morgan fingerprint density at radius 1 is 1.44 bits per heavy atom. The Morgan fingerprint density at radius 3 is 2.88 bits per heavy atom. The molecule has 16 heavy (non-hydrogen) atoms. The van der Waals surface area contributed by atoms with E-state index in [9.17, 15) is 4.79 Å². The van der Waals surface area contributed by atoms with Crippen molar-refractivity contribution in [1.29, 1.82) is 0 Å². The Hall–Kier alpha value is -1.32. The van der Waals surface area contributed by atoms with Crippen LogP contribution in [-0.2, 0) is 0 Å². The molecular weight excluding hydrogens is 202 g/mol. The second-order valence-electron chi connectivity index (χ2n) is 4.71. The van der Waals surface area contributed by atoms with Crippen molar-refractivity contribution in [3.63, 3.8) is 0 Å². The Bertz CT molecular complexity index is 401. The van der Waals surface area contributed by atoms with Gasteiger partial charge in [0.05, 0.1) is 6.33 Å². The van der Waals surface area contributed by atoms with Crippen LogP contribution in [0.1, 0.15) is 32.6 Å². The highest BCUT2D eigenvalue weighted by molar-refractivity contribution is 5.37. The molecule has 2 unspecified atom stereocenters. The predicted molar refractivity (Wildman–Crippen MR) is 64.7 cm³/mol. The molecule has 1 aromatic rings. The monoisotopic (exact) mass is 221 g/mol. The zero-order valence-electron chi connectivity index (χ0n) is 9.94. The average Bonchev–Trinajstić information content (AvgIpc) is 2.29. The molecule has 1 heterocycles. The molecule has 2 atom stereocenters. The highest BCUT2D eigenvalue weighted by Gasteiger charge is 2.25. The summed E-state index contributed by atoms with van der Waals surface area (Å²) in [5.41, 5.74) is -0.0830. The Labute approximate surface area is 95.7 Å². The van der Waals surface area contributed by atoms with Crippen LogP contribution in [-0.4, -0.2) is 23.1 Å². The van der Waals surface area contributed by atoms with Gasteiger partial charge in [0.2, 0.25) is 0 Å². The zero-order chi connectivity index (χ0) is 11.5. The van der Waals surface area contributed by atoms with Gasteiger partial charge in [-0.15, -0.1) is 0 Å². The molecule has 0 aromatic carbocycles. The molecule has 1 saturated carbocycles. The minimum Gasteiger partial charge on any atom is -0.356 e. The second kappa shape index (κ2) is 4.68. The largest absolute Gasteiger partial charge is 0.356 e. The maximum atomic E-state index is 11.2. The van der Waals surface area contributed by atoms with Crippen molar-refractivity contribution < 1.29 is 0 Å². The van der Waals surface area contributed by atoms with Gasteiger partial charge in [0.15, 0.2) is 0 Å². The molecule has 0 aliphatic heterocycles. The third-order valence-electron chi connectivity index (χ3n) is 3.59. The van der Waals surface area contributed by atoms with Gasteiger partial charge in [-0.05, 0) is 18.8 Å². The number of hydrogen-bond donors (Lipinski definition) is 1. The van der Waals surface area contributed by atoms with Crippen molar-refractivity contribution in [2.24, 2.45) is 5.92 Å². The van der Waals surface area contributed by atoms with Gasteiger partial charge in [-0.1, -0.05) is 19.8 Å². The van der Waals surface area contributed by atoms with E-state index in [2.05, 4.69) is 21.8 Å². The molecule has 0 amide bonds. The fourth-order valence-electron chi connectivity index (χ4n) is 2.59. The number of hydrogen-bond acceptors (Lipinski definition) is 3. The SMILES string of the molecule is CC1CCCCC1N(C)c1cc(=O)[nH]cn1. The molecule has 0 bridgehead atoms. The van der Waals surface area contributed by atoms with Gasteiger partial charge in [-0.3, -0.25) is 4.79 Å². The molecule has 1 aromatic heterocycles. The first-order chi connectivity index (χ1) is 7.68. The molecule has 88 valence electrons. The fraction of sp³-hybridized carbons (Fsp3) is 0.667. The summed E-state index contributed by atoms with van der Waals surface area (Å²) in [4.78, 5) is 20.2. The molecule has 2 rings (SSSR count). The molecule has 0 radical (unpaired) electrons. The van der Waals surface area contributed by atoms with Crippen molar-refractivity contribution in [3.05, 3.63) is 22.7 Å². The van der Waals surface area contributed by atoms with Gasteiger partial charge >= 0.3 is 0 Å². The number of nitrogens with zero attached hydrogens (tertiary/aromatic N) is 2. The average molecular weight is 221 g/mol. The Morgan fingerprint density at radius 2 is 2.19 bits per heavy atom. The van der Waals surface area contributed by atoms with Crippen molar-refractivity contribution in [3.8, 4) is 0 Å². The first kappa shape index (κ1) is 11.2. The second-order valence-corrected chi connectivity index (χ2v) is 4.71. The minimum atomic E-state index is -0.0830. The number of aromatic nitrogens is 2. The van der Waals surface area contributed by atoms with Gasteiger partial charge in [0, 0.05) is 19.2 Å². The van der Waals surface area contributed by atoms with Crippen LogP contribution >= 0.6 is 0 Å². The highest BCUT2D eigenvalue weighted by Crippen LogP contribution is 2.28. The molecule has 1 aliphatic carbocycles. The van der Waals surface area contributed by atoms with Gasteiger partial charge < -0.3 is 9.88 Å². The molecule has 0 spiro atoms. The molecule has 1 fully saturated rings. The molecule has 4 nitrogen and oxygen atoms in total. The fourth-order valence-corrected chi connectivity index (χ4v) is 2.59. The van der Waals surface area contributed by atoms with E-state index < -0.39 is 0 Å². The van der Waals surface area contributed by atoms with E-state index in [0.717, 1.165) is 5.82 Å². The maximum absolute atomic E-state index is 11.2. The van der Waals surface area contributed by atoms with Gasteiger partial charge in [0.1, 0.15) is 5.82 Å². The van der Waals surface area contributed by atoms with E-state index in [4.69, 9.17) is 0 Å². The predicted octanol–water partition coefficient (Wildman–Crippen LogP) is 1.78. The summed E-state index contributed by atoms with van der Waals surface area (Å²) < 4.78 is 0.